The molecular formula is C9H16N4S. The lowest BCUT2D eigenvalue weighted by Gasteiger charge is -2.28. The molecule has 2 heterocycles. The van der Waals surface area contributed by atoms with Gasteiger partial charge in [-0.3, -0.25) is 0 Å². The van der Waals surface area contributed by atoms with Crippen LogP contribution in [0.25, 0.3) is 0 Å². The first-order valence-corrected chi connectivity index (χ1v) is 5.86. The summed E-state index contributed by atoms with van der Waals surface area (Å²) in [4.78, 5) is 0. The van der Waals surface area contributed by atoms with Crippen molar-refractivity contribution in [3.8, 4) is 0 Å². The largest absolute Gasteiger partial charge is 0.318 e. The third-order valence-electron chi connectivity index (χ3n) is 2.50. The molecule has 14 heavy (non-hydrogen) atoms. The lowest BCUT2D eigenvalue weighted by molar-refractivity contribution is 0.582. The Morgan fingerprint density at radius 2 is 2.07 bits per heavy atom. The molecule has 0 bridgehead atoms. The van der Waals surface area contributed by atoms with Gasteiger partial charge in [0, 0.05) is 11.2 Å². The van der Waals surface area contributed by atoms with Gasteiger partial charge in [0.15, 0.2) is 5.82 Å². The molecule has 0 aliphatic carbocycles. The zero-order valence-corrected chi connectivity index (χ0v) is 9.80. The quantitative estimate of drug-likeness (QED) is 0.771. The number of fused-ring (bicyclic) bond motifs is 1. The van der Waals surface area contributed by atoms with Gasteiger partial charge >= 0.3 is 0 Å². The maximum Gasteiger partial charge on any atom is 0.210 e. The Hall–Kier alpha value is -0.710. The van der Waals surface area contributed by atoms with Crippen LogP contribution in [0.1, 0.15) is 39.4 Å². The second-order valence-electron chi connectivity index (χ2n) is 4.07. The van der Waals surface area contributed by atoms with Crippen molar-refractivity contribution in [1.29, 1.82) is 0 Å². The zero-order chi connectivity index (χ0) is 10.3. The molecule has 1 aromatic rings. The molecule has 1 aliphatic rings. The van der Waals surface area contributed by atoms with Gasteiger partial charge in [-0.2, -0.15) is 0 Å². The van der Waals surface area contributed by atoms with Gasteiger partial charge in [-0.25, -0.2) is 4.68 Å². The SMILES string of the molecule is CC(C)c1nnc2n1NC(C)C(C)S2. The molecule has 0 amide bonds. The van der Waals surface area contributed by atoms with E-state index in [1.807, 2.05) is 4.68 Å². The van der Waals surface area contributed by atoms with Gasteiger partial charge in [0.05, 0.1) is 6.04 Å². The summed E-state index contributed by atoms with van der Waals surface area (Å²) in [6.07, 6.45) is 0. The molecule has 0 aromatic carbocycles. The Morgan fingerprint density at radius 1 is 1.36 bits per heavy atom. The van der Waals surface area contributed by atoms with Crippen LogP contribution in [0.3, 0.4) is 0 Å². The molecule has 2 rings (SSSR count). The maximum absolute atomic E-state index is 4.20. The van der Waals surface area contributed by atoms with Crippen LogP contribution in [0.5, 0.6) is 0 Å². The van der Waals surface area contributed by atoms with Crippen molar-refractivity contribution in [2.75, 3.05) is 5.43 Å². The number of nitrogens with one attached hydrogen (secondary N) is 1. The Labute approximate surface area is 88.5 Å². The predicted molar refractivity (Wildman–Crippen MR) is 58.3 cm³/mol. The molecule has 2 unspecified atom stereocenters. The Bertz CT molecular complexity index is 334. The third-order valence-corrected chi connectivity index (χ3v) is 3.76. The van der Waals surface area contributed by atoms with E-state index < -0.39 is 0 Å². The zero-order valence-electron chi connectivity index (χ0n) is 8.98. The summed E-state index contributed by atoms with van der Waals surface area (Å²) in [6, 6.07) is 0.459. The molecule has 1 N–H and O–H groups in total. The van der Waals surface area contributed by atoms with Gasteiger partial charge in [-0.15, -0.1) is 10.2 Å². The minimum Gasteiger partial charge on any atom is -0.318 e. The summed E-state index contributed by atoms with van der Waals surface area (Å²) >= 11 is 1.79. The number of thioether (sulfide) groups is 1. The normalized spacial score (nSPS) is 26.1. The highest BCUT2D eigenvalue weighted by molar-refractivity contribution is 7.99. The monoisotopic (exact) mass is 212 g/mol. The van der Waals surface area contributed by atoms with Crippen LogP contribution in [-0.4, -0.2) is 26.2 Å². The fraction of sp³-hybridized carbons (Fsp3) is 0.778. The van der Waals surface area contributed by atoms with Gasteiger partial charge in [-0.1, -0.05) is 32.5 Å². The van der Waals surface area contributed by atoms with E-state index in [4.69, 9.17) is 0 Å². The standard InChI is InChI=1S/C9H16N4S/c1-5(2)8-10-11-9-13(8)12-6(3)7(4)14-9/h5-7,12H,1-4H3. The molecule has 0 radical (unpaired) electrons. The van der Waals surface area contributed by atoms with E-state index in [0.717, 1.165) is 11.0 Å². The van der Waals surface area contributed by atoms with E-state index in [9.17, 15) is 0 Å². The molecular weight excluding hydrogens is 196 g/mol. The summed E-state index contributed by atoms with van der Waals surface area (Å²) in [7, 11) is 0. The van der Waals surface area contributed by atoms with Crippen molar-refractivity contribution in [2.45, 2.75) is 50.1 Å². The lowest BCUT2D eigenvalue weighted by atomic mass is 10.2. The average molecular weight is 212 g/mol. The van der Waals surface area contributed by atoms with Crippen molar-refractivity contribution in [3.05, 3.63) is 5.82 Å². The van der Waals surface area contributed by atoms with E-state index in [-0.39, 0.29) is 0 Å². The van der Waals surface area contributed by atoms with Gasteiger partial charge in [0.2, 0.25) is 5.16 Å². The third kappa shape index (κ3) is 1.49. The first-order valence-electron chi connectivity index (χ1n) is 4.98. The van der Waals surface area contributed by atoms with Crippen molar-refractivity contribution >= 4 is 11.8 Å². The number of hydrogen-bond donors (Lipinski definition) is 1. The molecule has 1 aromatic heterocycles. The molecule has 0 saturated carbocycles. The molecule has 4 nitrogen and oxygen atoms in total. The molecule has 78 valence electrons. The van der Waals surface area contributed by atoms with E-state index >= 15 is 0 Å². The molecule has 0 fully saturated rings. The molecule has 1 aliphatic heterocycles. The van der Waals surface area contributed by atoms with Crippen LogP contribution in [0.15, 0.2) is 5.16 Å². The number of aromatic nitrogens is 3. The predicted octanol–water partition coefficient (Wildman–Crippen LogP) is 1.83. The van der Waals surface area contributed by atoms with E-state index in [0.29, 0.717) is 17.2 Å². The van der Waals surface area contributed by atoms with Gasteiger partial charge in [0.1, 0.15) is 0 Å². The first kappa shape index (κ1) is 9.83. The second kappa shape index (κ2) is 3.46. The fourth-order valence-corrected chi connectivity index (χ4v) is 2.37. The minimum atomic E-state index is 0.407. The van der Waals surface area contributed by atoms with Crippen molar-refractivity contribution in [3.63, 3.8) is 0 Å². The van der Waals surface area contributed by atoms with E-state index in [1.54, 1.807) is 11.8 Å². The van der Waals surface area contributed by atoms with Crippen LogP contribution < -0.4 is 5.43 Å². The molecule has 0 saturated heterocycles. The highest BCUT2D eigenvalue weighted by Gasteiger charge is 2.26. The summed E-state index contributed by atoms with van der Waals surface area (Å²) in [5.74, 6) is 1.43. The average Bonchev–Trinajstić information content (AvgIpc) is 2.48. The maximum atomic E-state index is 4.20. The smallest absolute Gasteiger partial charge is 0.210 e. The topological polar surface area (TPSA) is 42.7 Å². The Kier molecular flexibility index (Phi) is 2.43. The van der Waals surface area contributed by atoms with Crippen molar-refractivity contribution < 1.29 is 0 Å². The summed E-state index contributed by atoms with van der Waals surface area (Å²) in [5.41, 5.74) is 3.41. The number of nitrogens with zero attached hydrogens (tertiary/aromatic N) is 3. The number of hydrogen-bond acceptors (Lipinski definition) is 4. The Balaban J connectivity index is 2.35. The molecule has 2 atom stereocenters. The summed E-state index contributed by atoms with van der Waals surface area (Å²) < 4.78 is 2.03. The van der Waals surface area contributed by atoms with E-state index in [1.165, 1.54) is 0 Å². The highest BCUT2D eigenvalue weighted by atomic mass is 32.2. The van der Waals surface area contributed by atoms with Gasteiger partial charge in [-0.05, 0) is 6.92 Å². The Morgan fingerprint density at radius 3 is 2.71 bits per heavy atom. The fourth-order valence-electron chi connectivity index (χ4n) is 1.43. The van der Waals surface area contributed by atoms with Gasteiger partial charge in [0.25, 0.3) is 0 Å². The van der Waals surface area contributed by atoms with E-state index in [2.05, 4.69) is 43.3 Å². The number of rotatable bonds is 1. The van der Waals surface area contributed by atoms with Crippen molar-refractivity contribution in [2.24, 2.45) is 0 Å². The summed E-state index contributed by atoms with van der Waals surface area (Å²) in [5, 5.41) is 9.91. The van der Waals surface area contributed by atoms with Gasteiger partial charge < -0.3 is 5.43 Å². The minimum absolute atomic E-state index is 0.407. The first-order chi connectivity index (χ1) is 6.59. The summed E-state index contributed by atoms with van der Waals surface area (Å²) in [6.45, 7) is 8.65. The van der Waals surface area contributed by atoms with Crippen LogP contribution in [-0.2, 0) is 0 Å². The van der Waals surface area contributed by atoms with Crippen LogP contribution in [0.2, 0.25) is 0 Å². The molecule has 5 heteroatoms. The van der Waals surface area contributed by atoms with Crippen LogP contribution in [0.4, 0.5) is 0 Å². The second-order valence-corrected chi connectivity index (χ2v) is 5.42. The highest BCUT2D eigenvalue weighted by Crippen LogP contribution is 2.29. The van der Waals surface area contributed by atoms with Crippen molar-refractivity contribution in [1.82, 2.24) is 14.9 Å². The van der Waals surface area contributed by atoms with Crippen LogP contribution in [0, 0.1) is 0 Å². The lowest BCUT2D eigenvalue weighted by Crippen LogP contribution is -2.38. The van der Waals surface area contributed by atoms with Crippen LogP contribution >= 0.6 is 11.8 Å². The molecule has 0 spiro atoms.